The summed E-state index contributed by atoms with van der Waals surface area (Å²) in [6.07, 6.45) is 5.81. The molecule has 8 nitrogen and oxygen atoms in total. The first-order valence-corrected chi connectivity index (χ1v) is 12.2. The Morgan fingerprint density at radius 1 is 1.14 bits per heavy atom. The molecule has 2 fully saturated rings. The highest BCUT2D eigenvalue weighted by Crippen LogP contribution is 2.38. The van der Waals surface area contributed by atoms with Crippen LogP contribution in [0.3, 0.4) is 0 Å². The van der Waals surface area contributed by atoms with Crippen LogP contribution in [-0.2, 0) is 0 Å². The van der Waals surface area contributed by atoms with Crippen molar-refractivity contribution >= 4 is 39.9 Å². The first-order valence-electron chi connectivity index (χ1n) is 11.8. The van der Waals surface area contributed by atoms with Gasteiger partial charge in [0.2, 0.25) is 5.69 Å². The van der Waals surface area contributed by atoms with Crippen molar-refractivity contribution in [3.05, 3.63) is 59.0 Å². The Balaban J connectivity index is 1.33. The lowest BCUT2D eigenvalue weighted by Gasteiger charge is -2.23. The van der Waals surface area contributed by atoms with Crippen molar-refractivity contribution in [2.75, 3.05) is 25.0 Å². The molecule has 1 aromatic heterocycles. The molecule has 0 radical (unpaired) electrons. The fourth-order valence-electron chi connectivity index (χ4n) is 4.04. The second-order valence-electron chi connectivity index (χ2n) is 8.88. The van der Waals surface area contributed by atoms with Gasteiger partial charge in [-0.1, -0.05) is 11.6 Å². The van der Waals surface area contributed by atoms with E-state index in [0.717, 1.165) is 38.8 Å². The molecule has 1 aliphatic carbocycles. The van der Waals surface area contributed by atoms with Crippen LogP contribution in [0.15, 0.2) is 42.6 Å². The third-order valence-electron chi connectivity index (χ3n) is 6.17. The topological polar surface area (TPSA) is 88.9 Å². The number of rotatable bonds is 7. The van der Waals surface area contributed by atoms with Crippen LogP contribution >= 0.6 is 11.6 Å². The largest absolute Gasteiger partial charge is 0.504 e. The van der Waals surface area contributed by atoms with Crippen LogP contribution in [0.1, 0.15) is 25.7 Å². The van der Waals surface area contributed by atoms with Crippen LogP contribution < -0.4 is 25.4 Å². The highest BCUT2D eigenvalue weighted by Gasteiger charge is 2.23. The minimum absolute atomic E-state index is 0.257. The molecular formula is C26H26ClN5O3. The van der Waals surface area contributed by atoms with Gasteiger partial charge in [0.15, 0.2) is 0 Å². The smallest absolute Gasteiger partial charge is 0.319 e. The van der Waals surface area contributed by atoms with E-state index in [-0.39, 0.29) is 12.1 Å². The lowest BCUT2D eigenvalue weighted by atomic mass is 9.99. The Labute approximate surface area is 208 Å². The SMILES string of the molecule is [C-]#[N+]c1cc2c(Oc3ccc(NC(=O)NC4CC4)c(Cl)c3)ccnc2cc1OCC1CCNCC1. The Kier molecular flexibility index (Phi) is 6.89. The number of nitrogens with one attached hydrogen (secondary N) is 3. The minimum Gasteiger partial charge on any atom is -0.504 e. The Bertz CT molecular complexity index is 1280. The molecule has 3 N–H and O–H groups in total. The number of urea groups is 1. The zero-order valence-electron chi connectivity index (χ0n) is 19.1. The normalized spacial score (nSPS) is 15.9. The minimum atomic E-state index is -0.270. The van der Waals surface area contributed by atoms with Gasteiger partial charge in [-0.05, 0) is 75.0 Å². The molecule has 0 unspecified atom stereocenters. The van der Waals surface area contributed by atoms with Crippen molar-refractivity contribution in [3.8, 4) is 17.2 Å². The molecule has 2 aliphatic rings. The molecule has 5 rings (SSSR count). The second kappa shape index (κ2) is 10.4. The van der Waals surface area contributed by atoms with E-state index in [0.29, 0.717) is 57.1 Å². The number of carbonyl (C=O) groups is 1. The van der Waals surface area contributed by atoms with Gasteiger partial charge in [0.25, 0.3) is 0 Å². The number of fused-ring (bicyclic) bond motifs is 1. The van der Waals surface area contributed by atoms with Gasteiger partial charge in [-0.15, -0.1) is 0 Å². The van der Waals surface area contributed by atoms with Gasteiger partial charge >= 0.3 is 6.03 Å². The Morgan fingerprint density at radius 3 is 2.71 bits per heavy atom. The molecule has 0 spiro atoms. The molecule has 0 bridgehead atoms. The maximum atomic E-state index is 12.0. The van der Waals surface area contributed by atoms with Gasteiger partial charge in [0, 0.05) is 23.7 Å². The maximum absolute atomic E-state index is 12.0. The number of hydrogen-bond acceptors (Lipinski definition) is 5. The van der Waals surface area contributed by atoms with Crippen LogP contribution in [0.5, 0.6) is 17.2 Å². The van der Waals surface area contributed by atoms with E-state index in [2.05, 4.69) is 25.8 Å². The van der Waals surface area contributed by atoms with Crippen molar-refractivity contribution in [3.63, 3.8) is 0 Å². The number of anilines is 1. The standard InChI is InChI=1S/C26H26ClN5O3/c1-28-23-13-19-22(14-25(23)34-15-16-6-9-29-10-7-16)30-11-8-24(19)35-18-4-5-21(20(27)12-18)32-26(33)31-17-2-3-17/h4-5,8,11-14,16-17,29H,2-3,6-7,9-10,15H2,(H2,31,32,33). The van der Waals surface area contributed by atoms with E-state index in [1.54, 1.807) is 42.6 Å². The highest BCUT2D eigenvalue weighted by molar-refractivity contribution is 6.33. The first-order chi connectivity index (χ1) is 17.1. The zero-order chi connectivity index (χ0) is 24.2. The molecule has 9 heteroatoms. The lowest BCUT2D eigenvalue weighted by Crippen LogP contribution is -2.30. The van der Waals surface area contributed by atoms with Gasteiger partial charge in [0.1, 0.15) is 17.2 Å². The number of pyridine rings is 1. The molecule has 3 aromatic rings. The van der Waals surface area contributed by atoms with E-state index in [4.69, 9.17) is 27.6 Å². The van der Waals surface area contributed by atoms with Crippen LogP contribution in [0.4, 0.5) is 16.2 Å². The third-order valence-corrected chi connectivity index (χ3v) is 6.48. The fourth-order valence-corrected chi connectivity index (χ4v) is 4.26. The van der Waals surface area contributed by atoms with Crippen LogP contribution in [0.25, 0.3) is 15.7 Å². The van der Waals surface area contributed by atoms with Gasteiger partial charge < -0.3 is 25.4 Å². The fraction of sp³-hybridized carbons (Fsp3) is 0.346. The quantitative estimate of drug-likeness (QED) is 0.358. The van der Waals surface area contributed by atoms with Crippen molar-refractivity contribution in [2.45, 2.75) is 31.7 Å². The van der Waals surface area contributed by atoms with Crippen molar-refractivity contribution in [2.24, 2.45) is 5.92 Å². The number of nitrogens with zero attached hydrogens (tertiary/aromatic N) is 2. The Morgan fingerprint density at radius 2 is 1.97 bits per heavy atom. The van der Waals surface area contributed by atoms with Gasteiger partial charge in [0.05, 0.1) is 29.4 Å². The number of carbonyl (C=O) groups excluding carboxylic acids is 1. The molecular weight excluding hydrogens is 466 g/mol. The lowest BCUT2D eigenvalue weighted by molar-refractivity contribution is 0.216. The summed E-state index contributed by atoms with van der Waals surface area (Å²) in [6, 6.07) is 10.4. The highest BCUT2D eigenvalue weighted by atomic mass is 35.5. The first kappa shape index (κ1) is 23.2. The second-order valence-corrected chi connectivity index (χ2v) is 9.29. The number of aromatic nitrogens is 1. The molecule has 1 saturated heterocycles. The number of ether oxygens (including phenoxy) is 2. The maximum Gasteiger partial charge on any atom is 0.319 e. The van der Waals surface area contributed by atoms with Crippen molar-refractivity contribution in [1.82, 2.24) is 15.6 Å². The van der Waals surface area contributed by atoms with E-state index < -0.39 is 0 Å². The molecule has 2 amide bonds. The monoisotopic (exact) mass is 491 g/mol. The number of benzene rings is 2. The molecule has 0 atom stereocenters. The average Bonchev–Trinajstić information content (AvgIpc) is 3.68. The predicted molar refractivity (Wildman–Crippen MR) is 136 cm³/mol. The van der Waals surface area contributed by atoms with E-state index in [1.807, 2.05) is 0 Å². The molecule has 35 heavy (non-hydrogen) atoms. The van der Waals surface area contributed by atoms with E-state index in [9.17, 15) is 4.79 Å². The summed E-state index contributed by atoms with van der Waals surface area (Å²) in [7, 11) is 0. The summed E-state index contributed by atoms with van der Waals surface area (Å²) in [5.41, 5.74) is 1.60. The number of amides is 2. The number of piperidine rings is 1. The summed E-state index contributed by atoms with van der Waals surface area (Å²) in [5, 5.41) is 10.0. The molecule has 2 heterocycles. The number of hydrogen-bond donors (Lipinski definition) is 3. The van der Waals surface area contributed by atoms with Gasteiger partial charge in [-0.25, -0.2) is 9.64 Å². The van der Waals surface area contributed by atoms with Crippen LogP contribution in [0, 0.1) is 12.5 Å². The summed E-state index contributed by atoms with van der Waals surface area (Å²) in [6.45, 7) is 10.2. The Hall–Kier alpha value is -3.54. The van der Waals surface area contributed by atoms with E-state index in [1.165, 1.54) is 0 Å². The third kappa shape index (κ3) is 5.76. The molecule has 180 valence electrons. The predicted octanol–water partition coefficient (Wildman–Crippen LogP) is 5.89. The summed E-state index contributed by atoms with van der Waals surface area (Å²) in [5.74, 6) is 2.08. The van der Waals surface area contributed by atoms with Crippen molar-refractivity contribution in [1.29, 1.82) is 0 Å². The average molecular weight is 492 g/mol. The van der Waals surface area contributed by atoms with Gasteiger partial charge in [-0.3, -0.25) is 4.98 Å². The molecule has 1 saturated carbocycles. The molecule has 1 aliphatic heterocycles. The van der Waals surface area contributed by atoms with E-state index >= 15 is 0 Å². The molecule has 2 aromatic carbocycles. The number of halogens is 1. The summed E-state index contributed by atoms with van der Waals surface area (Å²) >= 11 is 6.38. The summed E-state index contributed by atoms with van der Waals surface area (Å²) < 4.78 is 12.1. The van der Waals surface area contributed by atoms with Crippen LogP contribution in [-0.4, -0.2) is 36.8 Å². The zero-order valence-corrected chi connectivity index (χ0v) is 19.9. The van der Waals surface area contributed by atoms with Crippen LogP contribution in [0.2, 0.25) is 5.02 Å². The van der Waals surface area contributed by atoms with Crippen molar-refractivity contribution < 1.29 is 14.3 Å². The summed E-state index contributed by atoms with van der Waals surface area (Å²) in [4.78, 5) is 20.1. The van der Waals surface area contributed by atoms with Gasteiger partial charge in [-0.2, -0.15) is 0 Å².